The minimum atomic E-state index is -0.478. The van der Waals surface area contributed by atoms with Crippen molar-refractivity contribution < 1.29 is 14.5 Å². The quantitative estimate of drug-likeness (QED) is 0.636. The van der Waals surface area contributed by atoms with Crippen LogP contribution in [0, 0.1) is 10.1 Å². The van der Waals surface area contributed by atoms with E-state index in [1.165, 1.54) is 12.1 Å². The Morgan fingerprint density at radius 1 is 1.19 bits per heavy atom. The molecule has 0 spiro atoms. The highest BCUT2D eigenvalue weighted by molar-refractivity contribution is 6.00. The summed E-state index contributed by atoms with van der Waals surface area (Å²) in [6, 6.07) is 11.9. The molecule has 0 unspecified atom stereocenters. The van der Waals surface area contributed by atoms with E-state index in [-0.39, 0.29) is 11.6 Å². The Bertz CT molecular complexity index is 799. The third-order valence-electron chi connectivity index (χ3n) is 4.49. The zero-order valence-corrected chi connectivity index (χ0v) is 14.6. The number of hydrogen-bond acceptors (Lipinski definition) is 5. The molecule has 1 aliphatic rings. The number of amides is 1. The number of rotatable bonds is 6. The van der Waals surface area contributed by atoms with Crippen molar-refractivity contribution >= 4 is 17.3 Å². The predicted molar refractivity (Wildman–Crippen MR) is 98.7 cm³/mol. The van der Waals surface area contributed by atoms with Gasteiger partial charge in [0.1, 0.15) is 5.75 Å². The maximum atomic E-state index is 12.7. The lowest BCUT2D eigenvalue weighted by molar-refractivity contribution is -0.384. The first-order valence-corrected chi connectivity index (χ1v) is 8.53. The standard InChI is InChI=1S/C19H21N3O4/c1-26-16-7-4-14(5-8-16)13-20-19(23)17-12-15(22(24)25)6-9-18(17)21-10-2-3-11-21/h4-9,12H,2-3,10-11,13H2,1H3,(H,20,23). The minimum Gasteiger partial charge on any atom is -0.497 e. The number of nitrogens with zero attached hydrogens (tertiary/aromatic N) is 2. The molecule has 1 heterocycles. The van der Waals surface area contributed by atoms with Crippen molar-refractivity contribution in [3.8, 4) is 5.75 Å². The molecule has 136 valence electrons. The molecule has 0 aromatic heterocycles. The smallest absolute Gasteiger partial charge is 0.270 e. The van der Waals surface area contributed by atoms with Crippen LogP contribution in [0.4, 0.5) is 11.4 Å². The van der Waals surface area contributed by atoms with Crippen LogP contribution in [0.2, 0.25) is 0 Å². The van der Waals surface area contributed by atoms with Gasteiger partial charge in [0.05, 0.1) is 23.3 Å². The van der Waals surface area contributed by atoms with Crippen LogP contribution < -0.4 is 15.0 Å². The molecule has 3 rings (SSSR count). The molecule has 7 nitrogen and oxygen atoms in total. The zero-order chi connectivity index (χ0) is 18.5. The van der Waals surface area contributed by atoms with Gasteiger partial charge in [0.25, 0.3) is 11.6 Å². The molecule has 26 heavy (non-hydrogen) atoms. The summed E-state index contributed by atoms with van der Waals surface area (Å²) < 4.78 is 5.12. The van der Waals surface area contributed by atoms with E-state index in [1.807, 2.05) is 24.3 Å². The molecule has 0 atom stereocenters. The second-order valence-electron chi connectivity index (χ2n) is 6.18. The number of anilines is 1. The molecule has 1 saturated heterocycles. The Morgan fingerprint density at radius 2 is 1.88 bits per heavy atom. The average Bonchev–Trinajstić information content (AvgIpc) is 3.20. The Balaban J connectivity index is 1.79. The normalized spacial score (nSPS) is 13.5. The molecule has 0 radical (unpaired) electrons. The van der Waals surface area contributed by atoms with E-state index in [0.717, 1.165) is 42.9 Å². The van der Waals surface area contributed by atoms with E-state index < -0.39 is 4.92 Å². The molecule has 2 aromatic rings. The van der Waals surface area contributed by atoms with Crippen LogP contribution >= 0.6 is 0 Å². The molecule has 1 aliphatic heterocycles. The summed E-state index contributed by atoms with van der Waals surface area (Å²) >= 11 is 0. The largest absolute Gasteiger partial charge is 0.497 e. The van der Waals surface area contributed by atoms with E-state index in [1.54, 1.807) is 13.2 Å². The van der Waals surface area contributed by atoms with Crippen LogP contribution in [0.1, 0.15) is 28.8 Å². The molecular formula is C19H21N3O4. The van der Waals surface area contributed by atoms with Crippen LogP contribution in [0.15, 0.2) is 42.5 Å². The van der Waals surface area contributed by atoms with Crippen LogP contribution in [-0.4, -0.2) is 31.0 Å². The van der Waals surface area contributed by atoms with Crippen LogP contribution in [-0.2, 0) is 6.54 Å². The zero-order valence-electron chi connectivity index (χ0n) is 14.6. The highest BCUT2D eigenvalue weighted by Gasteiger charge is 2.22. The van der Waals surface area contributed by atoms with Crippen molar-refractivity contribution in [2.24, 2.45) is 0 Å². The first-order chi connectivity index (χ1) is 12.6. The number of benzene rings is 2. The topological polar surface area (TPSA) is 84.7 Å². The molecule has 1 amide bonds. The Labute approximate surface area is 151 Å². The van der Waals surface area contributed by atoms with Crippen LogP contribution in [0.25, 0.3) is 0 Å². The van der Waals surface area contributed by atoms with Gasteiger partial charge in [0, 0.05) is 31.8 Å². The van der Waals surface area contributed by atoms with Crippen molar-refractivity contribution in [2.45, 2.75) is 19.4 Å². The summed E-state index contributed by atoms with van der Waals surface area (Å²) in [5, 5.41) is 14.0. The van der Waals surface area contributed by atoms with Crippen molar-refractivity contribution in [3.05, 3.63) is 63.7 Å². The van der Waals surface area contributed by atoms with E-state index in [0.29, 0.717) is 12.1 Å². The lowest BCUT2D eigenvalue weighted by Crippen LogP contribution is -2.27. The van der Waals surface area contributed by atoms with E-state index in [2.05, 4.69) is 10.2 Å². The van der Waals surface area contributed by atoms with Gasteiger partial charge < -0.3 is 15.0 Å². The molecular weight excluding hydrogens is 334 g/mol. The molecule has 0 bridgehead atoms. The predicted octanol–water partition coefficient (Wildman–Crippen LogP) is 3.13. The maximum Gasteiger partial charge on any atom is 0.270 e. The summed E-state index contributed by atoms with van der Waals surface area (Å²) in [6.07, 6.45) is 2.12. The highest BCUT2D eigenvalue weighted by atomic mass is 16.6. The SMILES string of the molecule is COc1ccc(CNC(=O)c2cc([N+](=O)[O-])ccc2N2CCCC2)cc1. The Morgan fingerprint density at radius 3 is 2.50 bits per heavy atom. The van der Waals surface area contributed by atoms with Gasteiger partial charge in [-0.3, -0.25) is 14.9 Å². The first-order valence-electron chi connectivity index (χ1n) is 8.53. The summed E-state index contributed by atoms with van der Waals surface area (Å²) in [6.45, 7) is 2.05. The van der Waals surface area contributed by atoms with Crippen molar-refractivity contribution in [3.63, 3.8) is 0 Å². The lowest BCUT2D eigenvalue weighted by atomic mass is 10.1. The van der Waals surface area contributed by atoms with Gasteiger partial charge in [-0.25, -0.2) is 0 Å². The molecule has 0 aliphatic carbocycles. The molecule has 1 fully saturated rings. The number of hydrogen-bond donors (Lipinski definition) is 1. The fourth-order valence-corrected chi connectivity index (χ4v) is 3.07. The van der Waals surface area contributed by atoms with Crippen molar-refractivity contribution in [1.29, 1.82) is 0 Å². The summed E-state index contributed by atoms with van der Waals surface area (Å²) in [5.41, 5.74) is 1.93. The monoisotopic (exact) mass is 355 g/mol. The van der Waals surface area contributed by atoms with Crippen molar-refractivity contribution in [1.82, 2.24) is 5.32 Å². The highest BCUT2D eigenvalue weighted by Crippen LogP contribution is 2.28. The first kappa shape index (κ1) is 17.7. The van der Waals surface area contributed by atoms with Gasteiger partial charge >= 0.3 is 0 Å². The van der Waals surface area contributed by atoms with Gasteiger partial charge in [0.15, 0.2) is 0 Å². The number of methoxy groups -OCH3 is 1. The third kappa shape index (κ3) is 3.93. The van der Waals surface area contributed by atoms with Gasteiger partial charge in [-0.1, -0.05) is 12.1 Å². The van der Waals surface area contributed by atoms with E-state index >= 15 is 0 Å². The van der Waals surface area contributed by atoms with E-state index in [4.69, 9.17) is 4.74 Å². The van der Waals surface area contributed by atoms with Gasteiger partial charge in [0.2, 0.25) is 0 Å². The summed E-state index contributed by atoms with van der Waals surface area (Å²) in [7, 11) is 1.60. The second kappa shape index (κ2) is 7.86. The minimum absolute atomic E-state index is 0.0810. The van der Waals surface area contributed by atoms with Gasteiger partial charge in [-0.05, 0) is 36.6 Å². The molecule has 0 saturated carbocycles. The number of nitrogens with one attached hydrogen (secondary N) is 1. The fraction of sp³-hybridized carbons (Fsp3) is 0.316. The fourth-order valence-electron chi connectivity index (χ4n) is 3.07. The lowest BCUT2D eigenvalue weighted by Gasteiger charge is -2.21. The van der Waals surface area contributed by atoms with Crippen LogP contribution in [0.3, 0.4) is 0 Å². The van der Waals surface area contributed by atoms with Gasteiger partial charge in [-0.15, -0.1) is 0 Å². The number of nitro groups is 1. The summed E-state index contributed by atoms with van der Waals surface area (Å²) in [5.74, 6) is 0.432. The average molecular weight is 355 g/mol. The number of nitro benzene ring substituents is 1. The number of non-ortho nitro benzene ring substituents is 1. The summed E-state index contributed by atoms with van der Waals surface area (Å²) in [4.78, 5) is 25.4. The number of carbonyl (C=O) groups is 1. The maximum absolute atomic E-state index is 12.7. The number of carbonyl (C=O) groups excluding carboxylic acids is 1. The number of ether oxygens (including phenoxy) is 1. The molecule has 7 heteroatoms. The third-order valence-corrected chi connectivity index (χ3v) is 4.49. The Kier molecular flexibility index (Phi) is 5.36. The van der Waals surface area contributed by atoms with E-state index in [9.17, 15) is 14.9 Å². The van der Waals surface area contributed by atoms with Crippen molar-refractivity contribution in [2.75, 3.05) is 25.1 Å². The molecule has 1 N–H and O–H groups in total. The molecule has 2 aromatic carbocycles. The van der Waals surface area contributed by atoms with Crippen LogP contribution in [0.5, 0.6) is 5.75 Å². The second-order valence-corrected chi connectivity index (χ2v) is 6.18. The van der Waals surface area contributed by atoms with Gasteiger partial charge in [-0.2, -0.15) is 0 Å². The Hall–Kier alpha value is -3.09.